The van der Waals surface area contributed by atoms with Crippen molar-refractivity contribution in [2.24, 2.45) is 0 Å². The van der Waals surface area contributed by atoms with E-state index in [0.717, 1.165) is 77.0 Å². The van der Waals surface area contributed by atoms with Gasteiger partial charge in [0.2, 0.25) is 0 Å². The molecular weight excluding hydrogens is 1020 g/mol. The van der Waals surface area contributed by atoms with Crippen LogP contribution in [-0.4, -0.2) is 37.2 Å². The summed E-state index contributed by atoms with van der Waals surface area (Å²) < 4.78 is 16.8. The van der Waals surface area contributed by atoms with E-state index in [1.165, 1.54) is 302 Å². The number of carbonyl (C=O) groups is 3. The van der Waals surface area contributed by atoms with Gasteiger partial charge in [-0.1, -0.05) is 378 Å². The van der Waals surface area contributed by atoms with Crippen LogP contribution in [0, 0.1) is 0 Å². The van der Waals surface area contributed by atoms with Crippen molar-refractivity contribution in [3.63, 3.8) is 0 Å². The van der Waals surface area contributed by atoms with Crippen LogP contribution in [0.4, 0.5) is 0 Å². The minimum absolute atomic E-state index is 0.0695. The molecule has 0 aliphatic carbocycles. The molecule has 0 aromatic rings. The summed E-state index contributed by atoms with van der Waals surface area (Å²) in [5, 5.41) is 0. The lowest BCUT2D eigenvalue weighted by Crippen LogP contribution is -2.30. The molecule has 0 amide bonds. The van der Waals surface area contributed by atoms with Gasteiger partial charge in [0.15, 0.2) is 6.10 Å². The fraction of sp³-hybridized carbons (Fsp3) is 0.883. The number of unbranched alkanes of at least 4 members (excludes halogenated alkanes) is 53. The highest BCUT2D eigenvalue weighted by molar-refractivity contribution is 5.71. The van der Waals surface area contributed by atoms with E-state index in [4.69, 9.17) is 14.2 Å². The summed E-state index contributed by atoms with van der Waals surface area (Å²) in [5.41, 5.74) is 0. The summed E-state index contributed by atoms with van der Waals surface area (Å²) in [6.07, 6.45) is 91.2. The Balaban J connectivity index is 3.87. The summed E-state index contributed by atoms with van der Waals surface area (Å²) in [4.78, 5) is 38.0. The van der Waals surface area contributed by atoms with Crippen molar-refractivity contribution in [2.45, 2.75) is 425 Å². The molecular formula is C77H144O6. The Bertz CT molecular complexity index is 1380. The Morgan fingerprint density at radius 2 is 0.434 bits per heavy atom. The van der Waals surface area contributed by atoms with Crippen LogP contribution in [0.2, 0.25) is 0 Å². The lowest BCUT2D eigenvalue weighted by atomic mass is 10.0. The zero-order valence-corrected chi connectivity index (χ0v) is 56.2. The molecule has 0 aliphatic rings. The van der Waals surface area contributed by atoms with E-state index in [2.05, 4.69) is 57.2 Å². The minimum Gasteiger partial charge on any atom is -0.462 e. The number of esters is 3. The van der Waals surface area contributed by atoms with Gasteiger partial charge in [0.1, 0.15) is 13.2 Å². The fourth-order valence-electron chi connectivity index (χ4n) is 11.5. The number of ether oxygens (including phenoxy) is 3. The first-order valence-corrected chi connectivity index (χ1v) is 37.5. The van der Waals surface area contributed by atoms with Gasteiger partial charge in [-0.15, -0.1) is 0 Å². The summed E-state index contributed by atoms with van der Waals surface area (Å²) in [6.45, 7) is 6.61. The van der Waals surface area contributed by atoms with Gasteiger partial charge in [0, 0.05) is 19.3 Å². The van der Waals surface area contributed by atoms with Gasteiger partial charge in [-0.3, -0.25) is 14.4 Å². The molecule has 6 nitrogen and oxygen atoms in total. The van der Waals surface area contributed by atoms with Crippen molar-refractivity contribution in [2.75, 3.05) is 13.2 Å². The fourth-order valence-corrected chi connectivity index (χ4v) is 11.5. The van der Waals surface area contributed by atoms with E-state index in [1.807, 2.05) is 0 Å². The molecule has 0 rings (SSSR count). The molecule has 0 aliphatic heterocycles. The molecule has 0 N–H and O–H groups in total. The van der Waals surface area contributed by atoms with Crippen molar-refractivity contribution in [1.29, 1.82) is 0 Å². The number of hydrogen-bond donors (Lipinski definition) is 0. The highest BCUT2D eigenvalue weighted by atomic mass is 16.6. The van der Waals surface area contributed by atoms with Gasteiger partial charge in [-0.05, 0) is 57.8 Å². The highest BCUT2D eigenvalue weighted by Crippen LogP contribution is 2.19. The van der Waals surface area contributed by atoms with Gasteiger partial charge >= 0.3 is 17.9 Å². The molecule has 0 heterocycles. The van der Waals surface area contributed by atoms with E-state index in [1.54, 1.807) is 0 Å². The third-order valence-electron chi connectivity index (χ3n) is 17.1. The molecule has 0 aromatic carbocycles. The Labute approximate surface area is 518 Å². The minimum atomic E-state index is -0.770. The predicted molar refractivity (Wildman–Crippen MR) is 362 cm³/mol. The largest absolute Gasteiger partial charge is 0.462 e. The third kappa shape index (κ3) is 70.3. The van der Waals surface area contributed by atoms with Crippen LogP contribution in [0.3, 0.4) is 0 Å². The molecule has 0 saturated carbocycles. The number of hydrogen-bond acceptors (Lipinski definition) is 6. The monoisotopic (exact) mass is 1170 g/mol. The van der Waals surface area contributed by atoms with E-state index in [-0.39, 0.29) is 31.1 Å². The number of allylic oxidation sites excluding steroid dienone is 6. The molecule has 1 unspecified atom stereocenters. The van der Waals surface area contributed by atoms with Gasteiger partial charge in [-0.2, -0.15) is 0 Å². The van der Waals surface area contributed by atoms with Gasteiger partial charge < -0.3 is 14.2 Å². The predicted octanol–water partition coefficient (Wildman–Crippen LogP) is 25.9. The van der Waals surface area contributed by atoms with Gasteiger partial charge in [0.25, 0.3) is 0 Å². The van der Waals surface area contributed by atoms with Crippen molar-refractivity contribution in [3.05, 3.63) is 36.5 Å². The Hall–Kier alpha value is -2.37. The lowest BCUT2D eigenvalue weighted by molar-refractivity contribution is -0.167. The third-order valence-corrected chi connectivity index (χ3v) is 17.1. The molecule has 83 heavy (non-hydrogen) atoms. The maximum absolute atomic E-state index is 12.9. The van der Waals surface area contributed by atoms with E-state index >= 15 is 0 Å². The molecule has 0 fully saturated rings. The Morgan fingerprint density at radius 1 is 0.241 bits per heavy atom. The normalized spacial score (nSPS) is 12.2. The zero-order valence-electron chi connectivity index (χ0n) is 56.2. The standard InChI is InChI=1S/C77H144O6/c1-4-7-10-13-15-17-19-21-23-25-27-29-31-33-34-35-36-37-38-39-40-41-42-44-45-47-49-51-53-55-57-59-61-64-67-70-76(79)82-73-74(72-81-75(78)69-66-63-12-9-6-3)83-77(80)71-68-65-62-60-58-56-54-52-50-48-46-43-32-30-28-26-24-22-20-18-16-14-11-8-5-2/h20,22,26,28,32,43,74H,4-19,21,23-25,27,29-31,33-42,44-73H2,1-3H3/b22-20-,28-26-,43-32-. The molecule has 6 heteroatoms. The van der Waals surface area contributed by atoms with Crippen LogP contribution < -0.4 is 0 Å². The van der Waals surface area contributed by atoms with Crippen LogP contribution in [0.25, 0.3) is 0 Å². The second-order valence-electron chi connectivity index (χ2n) is 25.6. The van der Waals surface area contributed by atoms with Crippen LogP contribution in [0.15, 0.2) is 36.5 Å². The van der Waals surface area contributed by atoms with E-state index in [0.29, 0.717) is 19.3 Å². The molecule has 0 bridgehead atoms. The first-order chi connectivity index (χ1) is 41.0. The Morgan fingerprint density at radius 3 is 0.675 bits per heavy atom. The maximum Gasteiger partial charge on any atom is 0.306 e. The Kier molecular flexibility index (Phi) is 70.0. The SMILES string of the molecule is CCCCCCC/C=C\C/C=C\C/C=C\CCCCCCCCCCCCC(=O)OC(COC(=O)CCCCCCC)COC(=O)CCCCCCCCCCCCCCCCCCCCCCCCCCCCCCCCCCCCC. The molecule has 0 radical (unpaired) electrons. The van der Waals surface area contributed by atoms with Gasteiger partial charge in [0.05, 0.1) is 0 Å². The first kappa shape index (κ1) is 80.6. The van der Waals surface area contributed by atoms with Crippen molar-refractivity contribution < 1.29 is 28.6 Å². The molecule has 1 atom stereocenters. The summed E-state index contributed by atoms with van der Waals surface area (Å²) >= 11 is 0. The average molecular weight is 1170 g/mol. The van der Waals surface area contributed by atoms with Crippen molar-refractivity contribution in [1.82, 2.24) is 0 Å². The molecule has 488 valence electrons. The van der Waals surface area contributed by atoms with Crippen LogP contribution in [0.5, 0.6) is 0 Å². The van der Waals surface area contributed by atoms with Crippen LogP contribution >= 0.6 is 0 Å². The number of rotatable bonds is 70. The van der Waals surface area contributed by atoms with Crippen LogP contribution in [0.1, 0.15) is 419 Å². The first-order valence-electron chi connectivity index (χ1n) is 37.5. The smallest absolute Gasteiger partial charge is 0.306 e. The number of carbonyl (C=O) groups excluding carboxylic acids is 3. The highest BCUT2D eigenvalue weighted by Gasteiger charge is 2.19. The van der Waals surface area contributed by atoms with E-state index < -0.39 is 6.10 Å². The quantitative estimate of drug-likeness (QED) is 0.0261. The van der Waals surface area contributed by atoms with Crippen molar-refractivity contribution >= 4 is 17.9 Å². The zero-order chi connectivity index (χ0) is 59.9. The van der Waals surface area contributed by atoms with Crippen LogP contribution in [-0.2, 0) is 28.6 Å². The van der Waals surface area contributed by atoms with Gasteiger partial charge in [-0.25, -0.2) is 0 Å². The maximum atomic E-state index is 12.9. The lowest BCUT2D eigenvalue weighted by Gasteiger charge is -2.18. The summed E-state index contributed by atoms with van der Waals surface area (Å²) in [6, 6.07) is 0. The molecule has 0 aromatic heterocycles. The average Bonchev–Trinajstić information content (AvgIpc) is 3.49. The summed E-state index contributed by atoms with van der Waals surface area (Å²) in [7, 11) is 0. The second-order valence-corrected chi connectivity index (χ2v) is 25.6. The topological polar surface area (TPSA) is 78.9 Å². The van der Waals surface area contributed by atoms with Crippen molar-refractivity contribution in [3.8, 4) is 0 Å². The molecule has 0 saturated heterocycles. The second kappa shape index (κ2) is 72.1. The summed E-state index contributed by atoms with van der Waals surface area (Å²) in [5.74, 6) is -0.863. The molecule has 0 spiro atoms. The van der Waals surface area contributed by atoms with E-state index in [9.17, 15) is 14.4 Å².